The molecule has 2 rings (SSSR count). The van der Waals surface area contributed by atoms with Crippen LogP contribution in [0.4, 0.5) is 0 Å². The number of hydrogen-bond donors (Lipinski definition) is 1. The average molecular weight is 270 g/mol. The fourth-order valence-electron chi connectivity index (χ4n) is 1.22. The first kappa shape index (κ1) is 12.1. The van der Waals surface area contributed by atoms with E-state index in [9.17, 15) is 4.79 Å². The van der Waals surface area contributed by atoms with Crippen LogP contribution in [0.1, 0.15) is 10.6 Å². The Kier molecular flexibility index (Phi) is 3.75. The highest BCUT2D eigenvalue weighted by Crippen LogP contribution is 2.19. The summed E-state index contributed by atoms with van der Waals surface area (Å²) in [4.78, 5) is 15.8. The number of aliphatic carboxylic acids is 1. The first-order chi connectivity index (χ1) is 8.16. The molecule has 0 saturated heterocycles. The van der Waals surface area contributed by atoms with Gasteiger partial charge in [-0.1, -0.05) is 11.8 Å². The van der Waals surface area contributed by atoms with E-state index < -0.39 is 5.97 Å². The third-order valence-corrected chi connectivity index (χ3v) is 3.95. The lowest BCUT2D eigenvalue weighted by atomic mass is 10.4. The van der Waals surface area contributed by atoms with E-state index in [1.54, 1.807) is 23.2 Å². The molecule has 0 atom stereocenters. The predicted molar refractivity (Wildman–Crippen MR) is 64.3 cm³/mol. The summed E-state index contributed by atoms with van der Waals surface area (Å²) in [5, 5.41) is 16.9. The molecular formula is C9H10N4O2S2. The summed E-state index contributed by atoms with van der Waals surface area (Å²) in [5.41, 5.74) is 2.77. The number of rotatable bonds is 5. The van der Waals surface area contributed by atoms with Gasteiger partial charge in [-0.3, -0.25) is 4.79 Å². The van der Waals surface area contributed by atoms with Crippen LogP contribution in [0.5, 0.6) is 0 Å². The molecular weight excluding hydrogens is 260 g/mol. The molecule has 0 unspecified atom stereocenters. The number of aromatic nitrogens is 4. The zero-order valence-electron chi connectivity index (χ0n) is 9.03. The van der Waals surface area contributed by atoms with Gasteiger partial charge in [0.25, 0.3) is 0 Å². The first-order valence-corrected chi connectivity index (χ1v) is 6.64. The largest absolute Gasteiger partial charge is 0.481 e. The summed E-state index contributed by atoms with van der Waals surface area (Å²) >= 11 is 2.73. The number of thiazole rings is 1. The van der Waals surface area contributed by atoms with Crippen LogP contribution in [-0.4, -0.2) is 36.6 Å². The van der Waals surface area contributed by atoms with Gasteiger partial charge >= 0.3 is 5.97 Å². The summed E-state index contributed by atoms with van der Waals surface area (Å²) in [7, 11) is 0. The fraction of sp³-hybridized carbons (Fsp3) is 0.333. The summed E-state index contributed by atoms with van der Waals surface area (Å²) in [5.74, 6) is -0.876. The third-order valence-electron chi connectivity index (χ3n) is 2.06. The van der Waals surface area contributed by atoms with Crippen LogP contribution >= 0.6 is 23.1 Å². The van der Waals surface area contributed by atoms with Crippen molar-refractivity contribution < 1.29 is 9.90 Å². The normalized spacial score (nSPS) is 10.6. The minimum absolute atomic E-state index is 0.0135. The lowest BCUT2D eigenvalue weighted by molar-refractivity contribution is -0.133. The molecule has 0 saturated carbocycles. The fourth-order valence-corrected chi connectivity index (χ4v) is 2.63. The van der Waals surface area contributed by atoms with Gasteiger partial charge in [-0.25, -0.2) is 4.98 Å². The zero-order chi connectivity index (χ0) is 12.3. The van der Waals surface area contributed by atoms with Gasteiger partial charge in [0.05, 0.1) is 23.5 Å². The van der Waals surface area contributed by atoms with E-state index in [4.69, 9.17) is 5.11 Å². The minimum atomic E-state index is -0.862. The van der Waals surface area contributed by atoms with Crippen LogP contribution in [-0.2, 0) is 11.3 Å². The third kappa shape index (κ3) is 3.04. The van der Waals surface area contributed by atoms with Crippen LogP contribution < -0.4 is 0 Å². The van der Waals surface area contributed by atoms with Gasteiger partial charge < -0.3 is 9.67 Å². The molecule has 0 aliphatic rings. The van der Waals surface area contributed by atoms with Gasteiger partial charge in [0.15, 0.2) is 5.16 Å². The number of carboxylic acids is 1. The van der Waals surface area contributed by atoms with Crippen molar-refractivity contribution >= 4 is 29.1 Å². The van der Waals surface area contributed by atoms with E-state index in [0.29, 0.717) is 11.7 Å². The van der Waals surface area contributed by atoms with Gasteiger partial charge in [-0.15, -0.1) is 21.5 Å². The van der Waals surface area contributed by atoms with Crippen LogP contribution in [0, 0.1) is 6.92 Å². The van der Waals surface area contributed by atoms with Crippen LogP contribution in [0.25, 0.3) is 0 Å². The molecule has 0 spiro atoms. The standard InChI is InChI=1S/C9H10N4O2S2/c1-6-7(17-5-10-6)2-13-4-11-12-9(13)16-3-8(14)15/h4-5H,2-3H2,1H3,(H,14,15). The second-order valence-corrected chi connectivity index (χ2v) is 5.17. The van der Waals surface area contributed by atoms with Crippen molar-refractivity contribution in [3.05, 3.63) is 22.4 Å². The van der Waals surface area contributed by atoms with Gasteiger partial charge in [0.1, 0.15) is 6.33 Å². The summed E-state index contributed by atoms with van der Waals surface area (Å²) < 4.78 is 1.83. The maximum Gasteiger partial charge on any atom is 0.313 e. The smallest absolute Gasteiger partial charge is 0.313 e. The molecule has 2 aromatic rings. The van der Waals surface area contributed by atoms with Gasteiger partial charge in [0.2, 0.25) is 0 Å². The number of nitrogens with zero attached hydrogens (tertiary/aromatic N) is 4. The van der Waals surface area contributed by atoms with E-state index in [-0.39, 0.29) is 5.75 Å². The highest BCUT2D eigenvalue weighted by atomic mass is 32.2. The monoisotopic (exact) mass is 270 g/mol. The number of aryl methyl sites for hydroxylation is 1. The molecule has 6 nitrogen and oxygen atoms in total. The summed E-state index contributed by atoms with van der Waals surface area (Å²) in [6, 6.07) is 0. The minimum Gasteiger partial charge on any atom is -0.481 e. The quantitative estimate of drug-likeness (QED) is 0.824. The number of thioether (sulfide) groups is 1. The van der Waals surface area contributed by atoms with Crippen molar-refractivity contribution in [1.29, 1.82) is 0 Å². The molecule has 0 aliphatic carbocycles. The molecule has 17 heavy (non-hydrogen) atoms. The Morgan fingerprint density at radius 1 is 1.65 bits per heavy atom. The van der Waals surface area contributed by atoms with Gasteiger partial charge in [0, 0.05) is 4.88 Å². The van der Waals surface area contributed by atoms with Crippen molar-refractivity contribution in [2.24, 2.45) is 0 Å². The van der Waals surface area contributed by atoms with E-state index in [1.807, 2.05) is 11.5 Å². The van der Waals surface area contributed by atoms with Crippen molar-refractivity contribution in [2.75, 3.05) is 5.75 Å². The second kappa shape index (κ2) is 5.28. The molecule has 90 valence electrons. The van der Waals surface area contributed by atoms with E-state index >= 15 is 0 Å². The topological polar surface area (TPSA) is 80.9 Å². The lowest BCUT2D eigenvalue weighted by Gasteiger charge is -2.03. The van der Waals surface area contributed by atoms with E-state index in [2.05, 4.69) is 15.2 Å². The van der Waals surface area contributed by atoms with Crippen molar-refractivity contribution in [2.45, 2.75) is 18.6 Å². The Hall–Kier alpha value is -1.41. The highest BCUT2D eigenvalue weighted by molar-refractivity contribution is 7.99. The molecule has 1 N–H and O–H groups in total. The Bertz CT molecular complexity index is 523. The van der Waals surface area contributed by atoms with Crippen molar-refractivity contribution in [3.8, 4) is 0 Å². The van der Waals surface area contributed by atoms with E-state index in [1.165, 1.54) is 0 Å². The Morgan fingerprint density at radius 2 is 2.47 bits per heavy atom. The average Bonchev–Trinajstić information content (AvgIpc) is 2.87. The molecule has 0 radical (unpaired) electrons. The number of carboxylic acid groups (broad SMARTS) is 1. The van der Waals surface area contributed by atoms with Gasteiger partial charge in [-0.2, -0.15) is 0 Å². The molecule has 0 amide bonds. The maximum absolute atomic E-state index is 10.5. The van der Waals surface area contributed by atoms with Crippen molar-refractivity contribution in [1.82, 2.24) is 19.7 Å². The molecule has 0 aliphatic heterocycles. The molecule has 0 fully saturated rings. The molecule has 0 aromatic carbocycles. The predicted octanol–water partition coefficient (Wildman–Crippen LogP) is 1.27. The molecule has 8 heteroatoms. The molecule has 0 bridgehead atoms. The highest BCUT2D eigenvalue weighted by Gasteiger charge is 2.10. The van der Waals surface area contributed by atoms with Gasteiger partial charge in [-0.05, 0) is 6.92 Å². The molecule has 2 aromatic heterocycles. The summed E-state index contributed by atoms with van der Waals surface area (Å²) in [6.07, 6.45) is 1.60. The lowest BCUT2D eigenvalue weighted by Crippen LogP contribution is -2.03. The first-order valence-electron chi connectivity index (χ1n) is 4.78. The summed E-state index contributed by atoms with van der Waals surface area (Å²) in [6.45, 7) is 2.58. The molecule has 2 heterocycles. The number of hydrogen-bond acceptors (Lipinski definition) is 6. The SMILES string of the molecule is Cc1ncsc1Cn1cnnc1SCC(=O)O. The van der Waals surface area contributed by atoms with Crippen LogP contribution in [0.3, 0.4) is 0 Å². The van der Waals surface area contributed by atoms with Crippen LogP contribution in [0.15, 0.2) is 17.0 Å². The Balaban J connectivity index is 2.09. The van der Waals surface area contributed by atoms with Crippen LogP contribution in [0.2, 0.25) is 0 Å². The maximum atomic E-state index is 10.5. The van der Waals surface area contributed by atoms with Crippen molar-refractivity contribution in [3.63, 3.8) is 0 Å². The number of carbonyl (C=O) groups is 1. The Labute approximate surface area is 106 Å². The van der Waals surface area contributed by atoms with E-state index in [0.717, 1.165) is 22.3 Å². The Morgan fingerprint density at radius 3 is 3.12 bits per heavy atom. The second-order valence-electron chi connectivity index (χ2n) is 3.28. The zero-order valence-corrected chi connectivity index (χ0v) is 10.7.